The van der Waals surface area contributed by atoms with Crippen LogP contribution >= 0.6 is 11.8 Å². The molecule has 0 aromatic heterocycles. The first-order valence-electron chi connectivity index (χ1n) is 7.44. The zero-order chi connectivity index (χ0) is 15.8. The van der Waals surface area contributed by atoms with E-state index in [9.17, 15) is 0 Å². The van der Waals surface area contributed by atoms with Crippen LogP contribution in [0.3, 0.4) is 0 Å². The van der Waals surface area contributed by atoms with Gasteiger partial charge >= 0.3 is 0 Å². The van der Waals surface area contributed by atoms with E-state index in [4.69, 9.17) is 4.74 Å². The molecule has 3 nitrogen and oxygen atoms in total. The van der Waals surface area contributed by atoms with Crippen LogP contribution < -0.4 is 10.1 Å². The van der Waals surface area contributed by atoms with Gasteiger partial charge in [-0.3, -0.25) is 0 Å². The maximum Gasteiger partial charge on any atom is 0.119 e. The molecule has 0 atom stereocenters. The van der Waals surface area contributed by atoms with E-state index >= 15 is 0 Å². The van der Waals surface area contributed by atoms with Crippen LogP contribution in [0, 0.1) is 0 Å². The summed E-state index contributed by atoms with van der Waals surface area (Å²) in [7, 11) is 5.88. The van der Waals surface area contributed by atoms with E-state index in [1.807, 2.05) is 12.1 Å². The lowest BCUT2D eigenvalue weighted by molar-refractivity contribution is 0.399. The van der Waals surface area contributed by atoms with Crippen LogP contribution in [0.25, 0.3) is 0 Å². The second kappa shape index (κ2) is 8.83. The highest BCUT2D eigenvalue weighted by atomic mass is 32.2. The molecule has 118 valence electrons. The molecule has 0 radical (unpaired) electrons. The predicted molar refractivity (Wildman–Crippen MR) is 93.8 cm³/mol. The fraction of sp³-hybridized carbons (Fsp3) is 0.333. The molecule has 2 rings (SSSR count). The van der Waals surface area contributed by atoms with E-state index in [1.54, 1.807) is 18.9 Å². The van der Waals surface area contributed by atoms with Crippen LogP contribution in [-0.2, 0) is 6.54 Å². The molecule has 0 spiro atoms. The first kappa shape index (κ1) is 16.9. The maximum atomic E-state index is 5.29. The maximum absolute atomic E-state index is 5.29. The predicted octanol–water partition coefficient (Wildman–Crippen LogP) is 3.50. The minimum Gasteiger partial charge on any atom is -0.497 e. The third kappa shape index (κ3) is 5.37. The van der Waals surface area contributed by atoms with Gasteiger partial charge < -0.3 is 15.0 Å². The Balaban J connectivity index is 2.01. The minimum absolute atomic E-state index is 0.890. The van der Waals surface area contributed by atoms with Gasteiger partial charge in [0.05, 0.1) is 7.11 Å². The van der Waals surface area contributed by atoms with Crippen molar-refractivity contribution in [3.63, 3.8) is 0 Å². The average Bonchev–Trinajstić information content (AvgIpc) is 2.53. The van der Waals surface area contributed by atoms with Crippen LogP contribution in [0.2, 0.25) is 0 Å². The Hall–Kier alpha value is -1.49. The number of likely N-dealkylation sites (N-methyl/N-ethyl adjacent to an activating group) is 1. The molecule has 0 saturated heterocycles. The molecule has 2 aromatic rings. The lowest BCUT2D eigenvalue weighted by Crippen LogP contribution is -2.26. The van der Waals surface area contributed by atoms with E-state index < -0.39 is 0 Å². The highest BCUT2D eigenvalue weighted by Gasteiger charge is 2.05. The van der Waals surface area contributed by atoms with Crippen LogP contribution in [0.4, 0.5) is 0 Å². The number of ether oxygens (including phenoxy) is 1. The molecule has 0 aliphatic rings. The second-order valence-corrected chi connectivity index (χ2v) is 6.48. The van der Waals surface area contributed by atoms with E-state index in [2.05, 4.69) is 60.7 Å². The van der Waals surface area contributed by atoms with Gasteiger partial charge in [0.25, 0.3) is 0 Å². The van der Waals surface area contributed by atoms with Crippen LogP contribution in [-0.4, -0.2) is 39.2 Å². The van der Waals surface area contributed by atoms with Crippen molar-refractivity contribution in [1.82, 2.24) is 10.2 Å². The molecule has 0 amide bonds. The standard InChI is InChI=1S/C18H24N2OS/c1-20(2)12-11-19-14-15-7-4-5-10-18(15)22-17-9-6-8-16(13-17)21-3/h4-10,13,19H,11-12,14H2,1-3H3. The molecule has 22 heavy (non-hydrogen) atoms. The quantitative estimate of drug-likeness (QED) is 0.753. The summed E-state index contributed by atoms with van der Waals surface area (Å²) in [6.45, 7) is 2.93. The Morgan fingerprint density at radius 3 is 2.68 bits per heavy atom. The van der Waals surface area contributed by atoms with Gasteiger partial charge in [0.1, 0.15) is 5.75 Å². The summed E-state index contributed by atoms with van der Waals surface area (Å²) >= 11 is 1.78. The van der Waals surface area contributed by atoms with E-state index in [0.29, 0.717) is 0 Å². The molecule has 0 fully saturated rings. The van der Waals surface area contributed by atoms with Crippen molar-refractivity contribution in [3.05, 3.63) is 54.1 Å². The Kier molecular flexibility index (Phi) is 6.77. The Morgan fingerprint density at radius 1 is 1.09 bits per heavy atom. The number of hydrogen-bond acceptors (Lipinski definition) is 4. The summed E-state index contributed by atoms with van der Waals surface area (Å²) < 4.78 is 5.29. The Morgan fingerprint density at radius 2 is 1.91 bits per heavy atom. The van der Waals surface area contributed by atoms with Gasteiger partial charge in [0.15, 0.2) is 0 Å². The van der Waals surface area contributed by atoms with E-state index in [0.717, 1.165) is 25.4 Å². The lowest BCUT2D eigenvalue weighted by Gasteiger charge is -2.13. The fourth-order valence-corrected chi connectivity index (χ4v) is 3.06. The van der Waals surface area contributed by atoms with Gasteiger partial charge in [-0.25, -0.2) is 0 Å². The van der Waals surface area contributed by atoms with E-state index in [-0.39, 0.29) is 0 Å². The second-order valence-electron chi connectivity index (χ2n) is 5.37. The molecule has 0 saturated carbocycles. The van der Waals surface area contributed by atoms with Gasteiger partial charge in [-0.2, -0.15) is 0 Å². The Bertz CT molecular complexity index is 587. The van der Waals surface area contributed by atoms with Crippen LogP contribution in [0.1, 0.15) is 5.56 Å². The largest absolute Gasteiger partial charge is 0.497 e. The number of nitrogens with one attached hydrogen (secondary N) is 1. The molecule has 0 heterocycles. The summed E-state index contributed by atoms with van der Waals surface area (Å²) in [5, 5.41) is 3.50. The number of benzene rings is 2. The van der Waals surface area contributed by atoms with E-state index in [1.165, 1.54) is 15.4 Å². The summed E-state index contributed by atoms with van der Waals surface area (Å²) in [4.78, 5) is 4.66. The highest BCUT2D eigenvalue weighted by Crippen LogP contribution is 2.32. The van der Waals surface area contributed by atoms with Crippen LogP contribution in [0.5, 0.6) is 5.75 Å². The zero-order valence-electron chi connectivity index (χ0n) is 13.5. The Labute approximate surface area is 137 Å². The molecule has 2 aromatic carbocycles. The smallest absolute Gasteiger partial charge is 0.119 e. The monoisotopic (exact) mass is 316 g/mol. The molecule has 0 aliphatic carbocycles. The van der Waals surface area contributed by atoms with Gasteiger partial charge in [-0.15, -0.1) is 0 Å². The number of rotatable bonds is 8. The molecule has 0 unspecified atom stereocenters. The number of methoxy groups -OCH3 is 1. The molecular formula is C18H24N2OS. The molecule has 1 N–H and O–H groups in total. The SMILES string of the molecule is COc1cccc(Sc2ccccc2CNCCN(C)C)c1. The summed E-state index contributed by atoms with van der Waals surface area (Å²) in [6.07, 6.45) is 0. The van der Waals surface area contributed by atoms with Crippen molar-refractivity contribution in [2.75, 3.05) is 34.3 Å². The first-order valence-corrected chi connectivity index (χ1v) is 8.26. The van der Waals surface area contributed by atoms with Crippen LogP contribution in [0.15, 0.2) is 58.3 Å². The van der Waals surface area contributed by atoms with Crippen molar-refractivity contribution < 1.29 is 4.74 Å². The number of hydrogen-bond donors (Lipinski definition) is 1. The summed E-state index contributed by atoms with van der Waals surface area (Å²) in [5.41, 5.74) is 1.33. The van der Waals surface area contributed by atoms with Crippen molar-refractivity contribution in [1.29, 1.82) is 0 Å². The first-order chi connectivity index (χ1) is 10.7. The minimum atomic E-state index is 0.890. The van der Waals surface area contributed by atoms with Crippen molar-refractivity contribution in [2.24, 2.45) is 0 Å². The average molecular weight is 316 g/mol. The van der Waals surface area contributed by atoms with Gasteiger partial charge in [-0.05, 0) is 43.9 Å². The van der Waals surface area contributed by atoms with Gasteiger partial charge in [0, 0.05) is 29.4 Å². The summed E-state index contributed by atoms with van der Waals surface area (Å²) in [6, 6.07) is 16.7. The molecule has 0 aliphatic heterocycles. The fourth-order valence-electron chi connectivity index (χ4n) is 2.07. The third-order valence-electron chi connectivity index (χ3n) is 3.29. The molecular weight excluding hydrogens is 292 g/mol. The normalized spacial score (nSPS) is 10.9. The zero-order valence-corrected chi connectivity index (χ0v) is 14.3. The third-order valence-corrected chi connectivity index (χ3v) is 4.40. The molecule has 0 bridgehead atoms. The lowest BCUT2D eigenvalue weighted by atomic mass is 10.2. The topological polar surface area (TPSA) is 24.5 Å². The highest BCUT2D eigenvalue weighted by molar-refractivity contribution is 7.99. The molecule has 4 heteroatoms. The van der Waals surface area contributed by atoms with Gasteiger partial charge in [0.2, 0.25) is 0 Å². The van der Waals surface area contributed by atoms with Crippen molar-refractivity contribution in [3.8, 4) is 5.75 Å². The van der Waals surface area contributed by atoms with Crippen molar-refractivity contribution in [2.45, 2.75) is 16.3 Å². The number of nitrogens with zero attached hydrogens (tertiary/aromatic N) is 1. The summed E-state index contributed by atoms with van der Waals surface area (Å²) in [5.74, 6) is 0.895. The van der Waals surface area contributed by atoms with Crippen molar-refractivity contribution >= 4 is 11.8 Å². The van der Waals surface area contributed by atoms with Gasteiger partial charge in [-0.1, -0.05) is 36.0 Å².